The monoisotopic (exact) mass is 266 g/mol. The first-order valence-electron chi connectivity index (χ1n) is 6.27. The zero-order chi connectivity index (χ0) is 12.5. The lowest BCUT2D eigenvalue weighted by Crippen LogP contribution is -2.14. The maximum atomic E-state index is 10.2. The molecule has 6 heteroatoms. The number of hydrogen-bond acceptors (Lipinski definition) is 4. The molecule has 1 N–H and O–H groups in total. The largest absolute Gasteiger partial charge is 0.373 e. The fourth-order valence-corrected chi connectivity index (χ4v) is 2.52. The van der Waals surface area contributed by atoms with Crippen LogP contribution in [0.25, 0.3) is 11.2 Å². The molecule has 2 aromatic heterocycles. The Bertz CT molecular complexity index is 552. The van der Waals surface area contributed by atoms with Crippen LogP contribution in [-0.4, -0.2) is 24.6 Å². The summed E-state index contributed by atoms with van der Waals surface area (Å²) in [7, 11) is 0. The molecule has 3 rings (SSSR count). The van der Waals surface area contributed by atoms with Crippen LogP contribution in [0.5, 0.6) is 0 Å². The van der Waals surface area contributed by atoms with Crippen molar-refractivity contribution >= 4 is 22.8 Å². The normalized spacial score (nSPS) is 17.9. The molecule has 0 spiro atoms. The lowest BCUT2D eigenvalue weighted by molar-refractivity contribution is 0.0836. The number of hydrogen-bond donors (Lipinski definition) is 1. The highest BCUT2D eigenvalue weighted by Gasteiger charge is 2.20. The maximum absolute atomic E-state index is 10.2. The molecule has 1 unspecified atom stereocenters. The van der Waals surface area contributed by atoms with Gasteiger partial charge in [0.15, 0.2) is 10.8 Å². The Balaban J connectivity index is 1.78. The van der Waals surface area contributed by atoms with Crippen LogP contribution in [0.4, 0.5) is 0 Å². The van der Waals surface area contributed by atoms with Crippen molar-refractivity contribution in [2.75, 3.05) is 0 Å². The number of rotatable bonds is 4. The van der Waals surface area contributed by atoms with Gasteiger partial charge < -0.3 is 5.11 Å². The second kappa shape index (κ2) is 4.82. The highest BCUT2D eigenvalue weighted by molar-refractivity contribution is 6.33. The first-order valence-corrected chi connectivity index (χ1v) is 6.64. The molecule has 1 aliphatic rings. The summed E-state index contributed by atoms with van der Waals surface area (Å²) >= 11 is 5.93. The summed E-state index contributed by atoms with van der Waals surface area (Å²) in [4.78, 5) is 12.1. The first kappa shape index (κ1) is 11.9. The van der Waals surface area contributed by atoms with Crippen molar-refractivity contribution in [3.63, 3.8) is 0 Å². The lowest BCUT2D eigenvalue weighted by atomic mass is 9.82. The van der Waals surface area contributed by atoms with Crippen LogP contribution in [0, 0.1) is 5.92 Å². The molecule has 0 saturated heterocycles. The molecule has 1 fully saturated rings. The predicted molar refractivity (Wildman–Crippen MR) is 68.2 cm³/mol. The predicted octanol–water partition coefficient (Wildman–Crippen LogP) is 2.55. The number of fused-ring (bicyclic) bond motifs is 1. The summed E-state index contributed by atoms with van der Waals surface area (Å²) in [5.41, 5.74) is 1.14. The summed E-state index contributed by atoms with van der Waals surface area (Å²) in [5.74, 6) is 0.785. The van der Waals surface area contributed by atoms with Gasteiger partial charge in [0.1, 0.15) is 18.1 Å². The van der Waals surface area contributed by atoms with Crippen molar-refractivity contribution in [2.24, 2.45) is 5.92 Å². The van der Waals surface area contributed by atoms with Crippen LogP contribution in [0.2, 0.25) is 5.15 Å². The van der Waals surface area contributed by atoms with Crippen molar-refractivity contribution in [3.8, 4) is 0 Å². The molecule has 0 aromatic carbocycles. The van der Waals surface area contributed by atoms with Gasteiger partial charge in [0, 0.05) is 0 Å². The van der Waals surface area contributed by atoms with E-state index in [4.69, 9.17) is 11.6 Å². The molecule has 96 valence electrons. The van der Waals surface area contributed by atoms with Gasteiger partial charge in [-0.15, -0.1) is 0 Å². The van der Waals surface area contributed by atoms with E-state index in [1.54, 1.807) is 10.9 Å². The van der Waals surface area contributed by atoms with Crippen LogP contribution >= 0.6 is 11.6 Å². The number of nitrogens with zero attached hydrogens (tertiary/aromatic N) is 4. The maximum Gasteiger partial charge on any atom is 0.166 e. The van der Waals surface area contributed by atoms with E-state index in [1.807, 2.05) is 0 Å². The molecule has 2 aromatic rings. The molecule has 18 heavy (non-hydrogen) atoms. The molecule has 1 saturated carbocycles. The molecule has 5 nitrogen and oxygen atoms in total. The Hall–Kier alpha value is -1.20. The van der Waals surface area contributed by atoms with Gasteiger partial charge in [0.25, 0.3) is 0 Å². The number of halogens is 1. The van der Waals surface area contributed by atoms with E-state index in [2.05, 4.69) is 15.0 Å². The molecule has 0 amide bonds. The van der Waals surface area contributed by atoms with Crippen LogP contribution in [0.15, 0.2) is 12.7 Å². The standard InChI is InChI=1S/C12H15ClN4O/c13-11-10-12(15-6-14-11)17(7-16-10)9(18)5-4-8-2-1-3-8/h6-9,18H,1-5H2. The smallest absolute Gasteiger partial charge is 0.166 e. The number of aliphatic hydroxyl groups excluding tert-OH is 1. The third kappa shape index (κ3) is 2.08. The fourth-order valence-electron chi connectivity index (χ4n) is 2.35. The molecular formula is C12H15ClN4O. The quantitative estimate of drug-likeness (QED) is 0.864. The van der Waals surface area contributed by atoms with E-state index in [1.165, 1.54) is 25.6 Å². The number of aliphatic hydroxyl groups is 1. The topological polar surface area (TPSA) is 63.8 Å². The minimum atomic E-state index is -0.582. The average Bonchev–Trinajstić information content (AvgIpc) is 2.72. The van der Waals surface area contributed by atoms with Crippen molar-refractivity contribution in [3.05, 3.63) is 17.8 Å². The Morgan fingerprint density at radius 3 is 2.94 bits per heavy atom. The van der Waals surface area contributed by atoms with Crippen molar-refractivity contribution < 1.29 is 5.11 Å². The first-order chi connectivity index (χ1) is 8.75. The molecule has 2 heterocycles. The Kier molecular flexibility index (Phi) is 3.18. The molecular weight excluding hydrogens is 252 g/mol. The summed E-state index contributed by atoms with van der Waals surface area (Å²) < 4.78 is 1.67. The average molecular weight is 267 g/mol. The van der Waals surface area contributed by atoms with E-state index in [0.29, 0.717) is 16.3 Å². The molecule has 1 aliphatic carbocycles. The van der Waals surface area contributed by atoms with Gasteiger partial charge in [-0.25, -0.2) is 15.0 Å². The van der Waals surface area contributed by atoms with Gasteiger partial charge in [-0.2, -0.15) is 0 Å². The third-order valence-electron chi connectivity index (χ3n) is 3.69. The van der Waals surface area contributed by atoms with Gasteiger partial charge in [0.2, 0.25) is 0 Å². The second-order valence-electron chi connectivity index (χ2n) is 4.84. The Morgan fingerprint density at radius 2 is 2.22 bits per heavy atom. The fraction of sp³-hybridized carbons (Fsp3) is 0.583. The Morgan fingerprint density at radius 1 is 1.39 bits per heavy atom. The van der Waals surface area contributed by atoms with E-state index in [0.717, 1.165) is 18.8 Å². The molecule has 0 bridgehead atoms. The third-order valence-corrected chi connectivity index (χ3v) is 3.97. The van der Waals surface area contributed by atoms with E-state index >= 15 is 0 Å². The van der Waals surface area contributed by atoms with Crippen molar-refractivity contribution in [1.82, 2.24) is 19.5 Å². The Labute approximate surface area is 110 Å². The van der Waals surface area contributed by atoms with Gasteiger partial charge in [-0.05, 0) is 18.8 Å². The summed E-state index contributed by atoms with van der Waals surface area (Å²) in [6.07, 6.45) is 8.10. The van der Waals surface area contributed by atoms with E-state index in [9.17, 15) is 5.11 Å². The molecule has 0 aliphatic heterocycles. The molecule has 1 atom stereocenters. The minimum Gasteiger partial charge on any atom is -0.373 e. The zero-order valence-corrected chi connectivity index (χ0v) is 10.7. The van der Waals surface area contributed by atoms with E-state index in [-0.39, 0.29) is 0 Å². The highest BCUT2D eigenvalue weighted by atomic mass is 35.5. The number of imidazole rings is 1. The van der Waals surface area contributed by atoms with Gasteiger partial charge in [-0.3, -0.25) is 4.57 Å². The number of aromatic nitrogens is 4. The van der Waals surface area contributed by atoms with Crippen LogP contribution in [-0.2, 0) is 0 Å². The lowest BCUT2D eigenvalue weighted by Gasteiger charge is -2.26. The van der Waals surface area contributed by atoms with Gasteiger partial charge in [-0.1, -0.05) is 30.9 Å². The van der Waals surface area contributed by atoms with Crippen LogP contribution in [0.3, 0.4) is 0 Å². The highest BCUT2D eigenvalue weighted by Crippen LogP contribution is 2.32. The summed E-state index contributed by atoms with van der Waals surface area (Å²) in [6.45, 7) is 0. The van der Waals surface area contributed by atoms with Crippen molar-refractivity contribution in [2.45, 2.75) is 38.3 Å². The van der Waals surface area contributed by atoms with Crippen LogP contribution in [0.1, 0.15) is 38.3 Å². The van der Waals surface area contributed by atoms with Crippen molar-refractivity contribution in [1.29, 1.82) is 0 Å². The van der Waals surface area contributed by atoms with Gasteiger partial charge >= 0.3 is 0 Å². The summed E-state index contributed by atoms with van der Waals surface area (Å²) in [5, 5.41) is 10.5. The van der Waals surface area contributed by atoms with Crippen LogP contribution < -0.4 is 0 Å². The zero-order valence-electron chi connectivity index (χ0n) is 9.96. The second-order valence-corrected chi connectivity index (χ2v) is 5.20. The van der Waals surface area contributed by atoms with E-state index < -0.39 is 6.23 Å². The SMILES string of the molecule is OC(CCC1CCC1)n1cnc2c(Cl)ncnc21. The minimum absolute atomic E-state index is 0.324. The summed E-state index contributed by atoms with van der Waals surface area (Å²) in [6, 6.07) is 0. The van der Waals surface area contributed by atoms with Gasteiger partial charge in [0.05, 0.1) is 6.33 Å². The molecule has 0 radical (unpaired) electrons.